The Morgan fingerprint density at radius 2 is 2.00 bits per heavy atom. The highest BCUT2D eigenvalue weighted by Crippen LogP contribution is 2.36. The summed E-state index contributed by atoms with van der Waals surface area (Å²) in [6.45, 7) is 0.637. The summed E-state index contributed by atoms with van der Waals surface area (Å²) in [6, 6.07) is 10.0. The Morgan fingerprint density at radius 1 is 1.24 bits per heavy atom. The molecule has 0 radical (unpaired) electrons. The summed E-state index contributed by atoms with van der Waals surface area (Å²) >= 11 is 0. The van der Waals surface area contributed by atoms with Gasteiger partial charge in [-0.15, -0.1) is 0 Å². The fourth-order valence-corrected chi connectivity index (χ4v) is 3.09. The van der Waals surface area contributed by atoms with Crippen LogP contribution in [-0.4, -0.2) is 28.1 Å². The number of rotatable bonds is 2. The summed E-state index contributed by atoms with van der Waals surface area (Å²) in [6.07, 6.45) is 2.24. The quantitative estimate of drug-likeness (QED) is 0.839. The predicted octanol–water partition coefficient (Wildman–Crippen LogP) is 1.56. The molecule has 1 saturated carbocycles. The molecule has 3 nitrogen and oxygen atoms in total. The van der Waals surface area contributed by atoms with E-state index in [4.69, 9.17) is 0 Å². The number of carbonyl (C=O) groups is 1. The summed E-state index contributed by atoms with van der Waals surface area (Å²) in [7, 11) is 0. The van der Waals surface area contributed by atoms with Crippen molar-refractivity contribution in [3.05, 3.63) is 35.9 Å². The molecule has 3 atom stereocenters. The van der Waals surface area contributed by atoms with Gasteiger partial charge >= 0.3 is 0 Å². The van der Waals surface area contributed by atoms with Gasteiger partial charge < -0.3 is 10.0 Å². The number of hydrogen-bond donors (Lipinski definition) is 1. The lowest BCUT2D eigenvalue weighted by atomic mass is 9.77. The molecule has 3 aliphatic rings. The first-order chi connectivity index (χ1) is 8.25. The molecule has 3 fully saturated rings. The summed E-state index contributed by atoms with van der Waals surface area (Å²) in [4.78, 5) is 14.0. The van der Waals surface area contributed by atoms with E-state index in [1.54, 1.807) is 0 Å². The fourth-order valence-electron chi connectivity index (χ4n) is 3.09. The maximum atomic E-state index is 12.2. The number of aliphatic hydroxyl groups excluding tert-OH is 1. The maximum Gasteiger partial charge on any atom is 0.226 e. The highest BCUT2D eigenvalue weighted by molar-refractivity contribution is 5.81. The standard InChI is InChI=1S/C14H17NO2/c16-13-8-11-6-7-12(13)15(14(11)17)9-10-4-2-1-3-5-10/h1-5,11-13,16H,6-9H2/t11-,12+,13?/m1/s1. The largest absolute Gasteiger partial charge is 0.391 e. The van der Waals surface area contributed by atoms with Crippen molar-refractivity contribution >= 4 is 5.91 Å². The Morgan fingerprint density at radius 3 is 2.71 bits per heavy atom. The van der Waals surface area contributed by atoms with Gasteiger partial charge in [-0.3, -0.25) is 4.79 Å². The Bertz CT molecular complexity index is 417. The van der Waals surface area contributed by atoms with E-state index < -0.39 is 0 Å². The third-order valence-electron chi connectivity index (χ3n) is 4.01. The lowest BCUT2D eigenvalue weighted by Gasteiger charge is -2.47. The molecule has 2 heterocycles. The van der Waals surface area contributed by atoms with Crippen molar-refractivity contribution < 1.29 is 9.90 Å². The predicted molar refractivity (Wildman–Crippen MR) is 64.1 cm³/mol. The summed E-state index contributed by atoms with van der Waals surface area (Å²) in [5.74, 6) is 0.286. The van der Waals surface area contributed by atoms with E-state index in [1.807, 2.05) is 35.2 Å². The molecule has 0 aromatic heterocycles. The van der Waals surface area contributed by atoms with Crippen molar-refractivity contribution in [2.24, 2.45) is 5.92 Å². The molecular formula is C14H17NO2. The second-order valence-corrected chi connectivity index (χ2v) is 5.10. The summed E-state index contributed by atoms with van der Waals surface area (Å²) in [5.41, 5.74) is 1.14. The highest BCUT2D eigenvalue weighted by Gasteiger charge is 2.45. The third kappa shape index (κ3) is 1.84. The van der Waals surface area contributed by atoms with E-state index in [0.717, 1.165) is 18.4 Å². The lowest BCUT2D eigenvalue weighted by Crippen LogP contribution is -2.58. The number of hydrogen-bond acceptors (Lipinski definition) is 2. The van der Waals surface area contributed by atoms with E-state index in [0.29, 0.717) is 13.0 Å². The number of fused-ring (bicyclic) bond motifs is 3. The first-order valence-electron chi connectivity index (χ1n) is 6.28. The van der Waals surface area contributed by atoms with Gasteiger partial charge in [0.05, 0.1) is 12.1 Å². The van der Waals surface area contributed by atoms with Crippen LogP contribution >= 0.6 is 0 Å². The Labute approximate surface area is 101 Å². The van der Waals surface area contributed by atoms with Crippen molar-refractivity contribution in [3.63, 3.8) is 0 Å². The number of amides is 1. The molecule has 1 aromatic rings. The average molecular weight is 231 g/mol. The van der Waals surface area contributed by atoms with Crippen molar-refractivity contribution in [1.29, 1.82) is 0 Å². The molecule has 2 saturated heterocycles. The fraction of sp³-hybridized carbons (Fsp3) is 0.500. The minimum Gasteiger partial charge on any atom is -0.391 e. The molecule has 1 aromatic carbocycles. The normalized spacial score (nSPS) is 31.9. The van der Waals surface area contributed by atoms with Crippen LogP contribution in [0.15, 0.2) is 30.3 Å². The number of carbonyl (C=O) groups excluding carboxylic acids is 1. The summed E-state index contributed by atoms with van der Waals surface area (Å²) < 4.78 is 0. The van der Waals surface area contributed by atoms with E-state index in [1.165, 1.54) is 0 Å². The minimum absolute atomic E-state index is 0.0349. The van der Waals surface area contributed by atoms with Gasteiger partial charge in [-0.25, -0.2) is 0 Å². The number of piperidine rings is 2. The molecule has 90 valence electrons. The molecule has 2 aliphatic heterocycles. The zero-order valence-corrected chi connectivity index (χ0v) is 9.75. The molecule has 1 aliphatic carbocycles. The van der Waals surface area contributed by atoms with Crippen LogP contribution in [0, 0.1) is 5.92 Å². The molecule has 1 N–H and O–H groups in total. The zero-order chi connectivity index (χ0) is 11.8. The van der Waals surface area contributed by atoms with Crippen molar-refractivity contribution in [2.45, 2.75) is 38.0 Å². The van der Waals surface area contributed by atoms with Gasteiger partial charge in [-0.1, -0.05) is 30.3 Å². The van der Waals surface area contributed by atoms with Gasteiger partial charge in [0.1, 0.15) is 0 Å². The lowest BCUT2D eigenvalue weighted by molar-refractivity contribution is -0.157. The van der Waals surface area contributed by atoms with E-state index in [2.05, 4.69) is 0 Å². The molecule has 3 heteroatoms. The first kappa shape index (κ1) is 10.8. The van der Waals surface area contributed by atoms with Crippen LogP contribution in [0.4, 0.5) is 0 Å². The van der Waals surface area contributed by atoms with Crippen molar-refractivity contribution in [2.75, 3.05) is 0 Å². The maximum absolute atomic E-state index is 12.2. The molecule has 1 amide bonds. The van der Waals surface area contributed by atoms with E-state index >= 15 is 0 Å². The SMILES string of the molecule is O=C1[C@@H]2CC[C@@H](C(O)C2)N1Cc1ccccc1. The second kappa shape index (κ2) is 4.15. The average Bonchev–Trinajstić information content (AvgIpc) is 2.35. The van der Waals surface area contributed by atoms with Crippen LogP contribution in [0.2, 0.25) is 0 Å². The molecule has 0 spiro atoms. The van der Waals surface area contributed by atoms with Crippen LogP contribution in [0.1, 0.15) is 24.8 Å². The first-order valence-corrected chi connectivity index (χ1v) is 6.28. The topological polar surface area (TPSA) is 40.5 Å². The van der Waals surface area contributed by atoms with Crippen molar-refractivity contribution in [3.8, 4) is 0 Å². The van der Waals surface area contributed by atoms with E-state index in [9.17, 15) is 9.90 Å². The van der Waals surface area contributed by atoms with Gasteiger partial charge in [0.25, 0.3) is 0 Å². The van der Waals surface area contributed by atoms with Crippen LogP contribution in [0.5, 0.6) is 0 Å². The Kier molecular flexibility index (Phi) is 2.63. The molecular weight excluding hydrogens is 214 g/mol. The molecule has 4 rings (SSSR count). The zero-order valence-electron chi connectivity index (χ0n) is 9.75. The van der Waals surface area contributed by atoms with Gasteiger partial charge in [0.15, 0.2) is 0 Å². The van der Waals surface area contributed by atoms with Crippen molar-refractivity contribution in [1.82, 2.24) is 4.90 Å². The van der Waals surface area contributed by atoms with Crippen LogP contribution in [0.3, 0.4) is 0 Å². The smallest absolute Gasteiger partial charge is 0.226 e. The second-order valence-electron chi connectivity index (χ2n) is 5.10. The molecule has 1 unspecified atom stereocenters. The Hall–Kier alpha value is -1.35. The summed E-state index contributed by atoms with van der Waals surface area (Å²) in [5, 5.41) is 9.97. The van der Waals surface area contributed by atoms with E-state index in [-0.39, 0.29) is 24.0 Å². The van der Waals surface area contributed by atoms with Gasteiger partial charge in [0, 0.05) is 12.5 Å². The van der Waals surface area contributed by atoms with Gasteiger partial charge in [0.2, 0.25) is 5.91 Å². The minimum atomic E-state index is -0.324. The van der Waals surface area contributed by atoms with Gasteiger partial charge in [-0.05, 0) is 24.8 Å². The third-order valence-corrected chi connectivity index (χ3v) is 4.01. The van der Waals surface area contributed by atoms with Crippen LogP contribution in [0.25, 0.3) is 0 Å². The van der Waals surface area contributed by atoms with Crippen LogP contribution in [-0.2, 0) is 11.3 Å². The highest BCUT2D eigenvalue weighted by atomic mass is 16.3. The number of benzene rings is 1. The number of aliphatic hydroxyl groups is 1. The van der Waals surface area contributed by atoms with Gasteiger partial charge in [-0.2, -0.15) is 0 Å². The van der Waals surface area contributed by atoms with Crippen LogP contribution < -0.4 is 0 Å². The Balaban J connectivity index is 1.81. The monoisotopic (exact) mass is 231 g/mol. The number of nitrogens with zero attached hydrogens (tertiary/aromatic N) is 1. The molecule has 17 heavy (non-hydrogen) atoms. The molecule has 2 bridgehead atoms.